The van der Waals surface area contributed by atoms with Crippen LogP contribution in [0.4, 0.5) is 0 Å². The van der Waals surface area contributed by atoms with Crippen LogP contribution in [0.1, 0.15) is 24.1 Å². The van der Waals surface area contributed by atoms with Crippen molar-refractivity contribution in [1.29, 1.82) is 0 Å². The molecule has 0 saturated heterocycles. The second kappa shape index (κ2) is 7.20. The first-order valence-electron chi connectivity index (χ1n) is 7.10. The SMILES string of the molecule is CCOC(=O)COCC(N)c1ccc(C)c2ccccc12. The molecule has 2 N–H and O–H groups in total. The lowest BCUT2D eigenvalue weighted by Crippen LogP contribution is -2.21. The maximum atomic E-state index is 11.2. The molecule has 0 bridgehead atoms. The van der Waals surface area contributed by atoms with Crippen LogP contribution < -0.4 is 5.73 Å². The van der Waals surface area contributed by atoms with Gasteiger partial charge in [0, 0.05) is 0 Å². The van der Waals surface area contributed by atoms with Crippen LogP contribution in [0.5, 0.6) is 0 Å². The van der Waals surface area contributed by atoms with Crippen LogP contribution in [0.25, 0.3) is 10.8 Å². The van der Waals surface area contributed by atoms with Crippen LogP contribution >= 0.6 is 0 Å². The molecular formula is C17H21NO3. The van der Waals surface area contributed by atoms with E-state index in [1.165, 1.54) is 10.9 Å². The number of hydrogen-bond donors (Lipinski definition) is 1. The van der Waals surface area contributed by atoms with E-state index in [-0.39, 0.29) is 25.2 Å². The highest BCUT2D eigenvalue weighted by Gasteiger charge is 2.12. The number of hydrogen-bond acceptors (Lipinski definition) is 4. The molecule has 0 heterocycles. The van der Waals surface area contributed by atoms with Gasteiger partial charge in [0.25, 0.3) is 0 Å². The average molecular weight is 287 g/mol. The molecule has 0 aromatic heterocycles. The predicted molar refractivity (Wildman–Crippen MR) is 83.1 cm³/mol. The first-order valence-corrected chi connectivity index (χ1v) is 7.10. The monoisotopic (exact) mass is 287 g/mol. The van der Waals surface area contributed by atoms with E-state index >= 15 is 0 Å². The summed E-state index contributed by atoms with van der Waals surface area (Å²) in [6.45, 7) is 4.42. The van der Waals surface area contributed by atoms with Gasteiger partial charge in [-0.2, -0.15) is 0 Å². The molecule has 2 aromatic carbocycles. The number of nitrogens with two attached hydrogens (primary N) is 1. The van der Waals surface area contributed by atoms with Crippen molar-refractivity contribution in [2.75, 3.05) is 19.8 Å². The second-order valence-corrected chi connectivity index (χ2v) is 4.94. The van der Waals surface area contributed by atoms with Crippen LogP contribution in [-0.2, 0) is 14.3 Å². The second-order valence-electron chi connectivity index (χ2n) is 4.94. The Hall–Kier alpha value is -1.91. The first kappa shape index (κ1) is 15.5. The fourth-order valence-corrected chi connectivity index (χ4v) is 2.36. The van der Waals surface area contributed by atoms with Gasteiger partial charge < -0.3 is 15.2 Å². The highest BCUT2D eigenvalue weighted by molar-refractivity contribution is 5.88. The van der Waals surface area contributed by atoms with Crippen molar-refractivity contribution in [3.05, 3.63) is 47.5 Å². The smallest absolute Gasteiger partial charge is 0.332 e. The van der Waals surface area contributed by atoms with Gasteiger partial charge in [-0.05, 0) is 35.7 Å². The van der Waals surface area contributed by atoms with Crippen LogP contribution in [0.3, 0.4) is 0 Å². The molecule has 0 amide bonds. The van der Waals surface area contributed by atoms with E-state index in [0.717, 1.165) is 10.9 Å². The molecule has 0 saturated carbocycles. The lowest BCUT2D eigenvalue weighted by molar-refractivity contribution is -0.148. The summed E-state index contributed by atoms with van der Waals surface area (Å²) in [6, 6.07) is 12.0. The van der Waals surface area contributed by atoms with Gasteiger partial charge in [-0.25, -0.2) is 4.79 Å². The van der Waals surface area contributed by atoms with E-state index < -0.39 is 0 Å². The van der Waals surface area contributed by atoms with Crippen LogP contribution in [-0.4, -0.2) is 25.8 Å². The topological polar surface area (TPSA) is 61.5 Å². The molecule has 21 heavy (non-hydrogen) atoms. The first-order chi connectivity index (χ1) is 10.1. The van der Waals surface area contributed by atoms with Gasteiger partial charge in [0.2, 0.25) is 0 Å². The fraction of sp³-hybridized carbons (Fsp3) is 0.353. The van der Waals surface area contributed by atoms with Crippen LogP contribution in [0.15, 0.2) is 36.4 Å². The van der Waals surface area contributed by atoms with Crippen LogP contribution in [0.2, 0.25) is 0 Å². The average Bonchev–Trinajstić information content (AvgIpc) is 2.48. The van der Waals surface area contributed by atoms with Gasteiger partial charge in [0.05, 0.1) is 19.3 Å². The van der Waals surface area contributed by atoms with E-state index in [1.807, 2.05) is 18.2 Å². The summed E-state index contributed by atoms with van der Waals surface area (Å²) < 4.78 is 10.2. The Labute approximate surface area is 124 Å². The number of fused-ring (bicyclic) bond motifs is 1. The van der Waals surface area contributed by atoms with Gasteiger partial charge in [-0.3, -0.25) is 0 Å². The van der Waals surface area contributed by atoms with Gasteiger partial charge in [-0.15, -0.1) is 0 Å². The molecule has 112 valence electrons. The Morgan fingerprint density at radius 1 is 1.19 bits per heavy atom. The maximum Gasteiger partial charge on any atom is 0.332 e. The highest BCUT2D eigenvalue weighted by atomic mass is 16.6. The molecule has 4 heteroatoms. The highest BCUT2D eigenvalue weighted by Crippen LogP contribution is 2.26. The quantitative estimate of drug-likeness (QED) is 0.830. The molecule has 2 rings (SSSR count). The zero-order valence-electron chi connectivity index (χ0n) is 12.5. The third-order valence-corrected chi connectivity index (χ3v) is 3.40. The Kier molecular flexibility index (Phi) is 5.31. The standard InChI is InChI=1S/C17H21NO3/c1-3-21-17(19)11-20-10-16(18)15-9-8-12(2)13-6-4-5-7-14(13)15/h4-9,16H,3,10-11,18H2,1-2H3. The van der Waals surface area contributed by atoms with E-state index in [4.69, 9.17) is 15.2 Å². The molecule has 1 atom stereocenters. The van der Waals surface area contributed by atoms with Gasteiger partial charge >= 0.3 is 5.97 Å². The third kappa shape index (κ3) is 3.80. The predicted octanol–water partition coefficient (Wildman–Crippen LogP) is 2.73. The van der Waals surface area contributed by atoms with Gasteiger partial charge in [0.15, 0.2) is 0 Å². The van der Waals surface area contributed by atoms with E-state index in [1.54, 1.807) is 6.92 Å². The Morgan fingerprint density at radius 3 is 2.62 bits per heavy atom. The van der Waals surface area contributed by atoms with Crippen LogP contribution in [0, 0.1) is 6.92 Å². The van der Waals surface area contributed by atoms with E-state index in [0.29, 0.717) is 6.61 Å². The minimum atomic E-state index is -0.363. The summed E-state index contributed by atoms with van der Waals surface area (Å²) in [4.78, 5) is 11.2. The minimum Gasteiger partial charge on any atom is -0.464 e. The summed E-state index contributed by atoms with van der Waals surface area (Å²) >= 11 is 0. The lowest BCUT2D eigenvalue weighted by atomic mass is 9.96. The number of carbonyl (C=O) groups excluding carboxylic acids is 1. The number of aryl methyl sites for hydroxylation is 1. The van der Waals surface area contributed by atoms with E-state index in [2.05, 4.69) is 25.1 Å². The fourth-order valence-electron chi connectivity index (χ4n) is 2.36. The molecule has 2 aromatic rings. The normalized spacial score (nSPS) is 12.3. The molecule has 0 aliphatic carbocycles. The van der Waals surface area contributed by atoms with Gasteiger partial charge in [0.1, 0.15) is 6.61 Å². The van der Waals surface area contributed by atoms with Crippen molar-refractivity contribution in [2.45, 2.75) is 19.9 Å². The van der Waals surface area contributed by atoms with Crippen molar-refractivity contribution in [3.63, 3.8) is 0 Å². The number of benzene rings is 2. The summed E-state index contributed by atoms with van der Waals surface area (Å²) in [5, 5.41) is 2.32. The molecule has 4 nitrogen and oxygen atoms in total. The summed E-state index contributed by atoms with van der Waals surface area (Å²) in [6.07, 6.45) is 0. The zero-order valence-corrected chi connectivity index (χ0v) is 12.5. The number of ether oxygens (including phenoxy) is 2. The Balaban J connectivity index is 2.08. The van der Waals surface area contributed by atoms with Crippen molar-refractivity contribution in [3.8, 4) is 0 Å². The molecule has 0 aliphatic rings. The lowest BCUT2D eigenvalue weighted by Gasteiger charge is -2.16. The molecule has 0 fully saturated rings. The third-order valence-electron chi connectivity index (χ3n) is 3.40. The summed E-state index contributed by atoms with van der Waals surface area (Å²) in [7, 11) is 0. The largest absolute Gasteiger partial charge is 0.464 e. The number of carbonyl (C=O) groups is 1. The Bertz CT molecular complexity index is 624. The summed E-state index contributed by atoms with van der Waals surface area (Å²) in [5.74, 6) is -0.363. The van der Waals surface area contributed by atoms with Crippen molar-refractivity contribution in [2.24, 2.45) is 5.73 Å². The molecular weight excluding hydrogens is 266 g/mol. The Morgan fingerprint density at radius 2 is 1.90 bits per heavy atom. The maximum absolute atomic E-state index is 11.2. The molecule has 0 radical (unpaired) electrons. The van der Waals surface area contributed by atoms with Gasteiger partial charge in [-0.1, -0.05) is 36.4 Å². The van der Waals surface area contributed by atoms with Crippen molar-refractivity contribution in [1.82, 2.24) is 0 Å². The van der Waals surface area contributed by atoms with E-state index in [9.17, 15) is 4.79 Å². The zero-order chi connectivity index (χ0) is 15.2. The number of esters is 1. The number of rotatable bonds is 6. The minimum absolute atomic E-state index is 0.0642. The molecule has 1 unspecified atom stereocenters. The molecule has 0 spiro atoms. The van der Waals surface area contributed by atoms with Crippen molar-refractivity contribution >= 4 is 16.7 Å². The summed E-state index contributed by atoms with van der Waals surface area (Å²) in [5.41, 5.74) is 8.44. The molecule has 0 aliphatic heterocycles. The van der Waals surface area contributed by atoms with Crippen molar-refractivity contribution < 1.29 is 14.3 Å².